The fraction of sp³-hybridized carbons (Fsp3) is 0.100. The standard InChI is InChI=1S/C20H14FN3O3/c1-12-22-19(27-24-12)11-26-20(25)16-10-17(13-5-3-2-4-6-13)23-18-9-14(21)7-8-15(16)18/h2-10H,11H2,1H3. The van der Waals surface area contributed by atoms with Crippen LogP contribution in [-0.4, -0.2) is 21.1 Å². The van der Waals surface area contributed by atoms with Crippen molar-refractivity contribution in [3.05, 3.63) is 77.7 Å². The molecule has 0 bridgehead atoms. The zero-order valence-corrected chi connectivity index (χ0v) is 14.3. The van der Waals surface area contributed by atoms with Gasteiger partial charge in [-0.15, -0.1) is 0 Å². The Bertz CT molecular complexity index is 1130. The smallest absolute Gasteiger partial charge is 0.339 e. The first kappa shape index (κ1) is 16.8. The van der Waals surface area contributed by atoms with Gasteiger partial charge in [-0.3, -0.25) is 0 Å². The Morgan fingerprint density at radius 2 is 1.93 bits per heavy atom. The van der Waals surface area contributed by atoms with Gasteiger partial charge in [-0.05, 0) is 25.1 Å². The van der Waals surface area contributed by atoms with E-state index in [2.05, 4.69) is 15.1 Å². The molecule has 6 nitrogen and oxygen atoms in total. The number of aromatic nitrogens is 3. The molecule has 0 saturated heterocycles. The van der Waals surface area contributed by atoms with E-state index in [4.69, 9.17) is 9.26 Å². The van der Waals surface area contributed by atoms with Crippen LogP contribution >= 0.6 is 0 Å². The number of esters is 1. The van der Waals surface area contributed by atoms with Crippen molar-refractivity contribution in [1.29, 1.82) is 0 Å². The van der Waals surface area contributed by atoms with Crippen LogP contribution in [0.2, 0.25) is 0 Å². The third-order valence-electron chi connectivity index (χ3n) is 3.96. The number of aryl methyl sites for hydroxylation is 1. The maximum atomic E-state index is 13.7. The molecule has 0 amide bonds. The summed E-state index contributed by atoms with van der Waals surface area (Å²) in [6.07, 6.45) is 0. The zero-order valence-electron chi connectivity index (χ0n) is 14.3. The average molecular weight is 363 g/mol. The molecule has 0 fully saturated rings. The van der Waals surface area contributed by atoms with Gasteiger partial charge in [-0.1, -0.05) is 35.5 Å². The minimum atomic E-state index is -0.581. The van der Waals surface area contributed by atoms with E-state index in [0.717, 1.165) is 5.56 Å². The molecule has 4 rings (SSSR count). The van der Waals surface area contributed by atoms with Gasteiger partial charge >= 0.3 is 5.97 Å². The molecule has 0 atom stereocenters. The van der Waals surface area contributed by atoms with Crippen molar-refractivity contribution in [2.24, 2.45) is 0 Å². The van der Waals surface area contributed by atoms with Gasteiger partial charge in [0, 0.05) is 17.0 Å². The molecule has 0 aliphatic rings. The Morgan fingerprint density at radius 3 is 2.67 bits per heavy atom. The Balaban J connectivity index is 1.74. The molecule has 0 spiro atoms. The lowest BCUT2D eigenvalue weighted by Gasteiger charge is -2.09. The predicted molar refractivity (Wildman–Crippen MR) is 95.3 cm³/mol. The Labute approximate surface area is 153 Å². The quantitative estimate of drug-likeness (QED) is 0.508. The summed E-state index contributed by atoms with van der Waals surface area (Å²) in [4.78, 5) is 21.2. The molecular formula is C20H14FN3O3. The second-order valence-electron chi connectivity index (χ2n) is 5.89. The van der Waals surface area contributed by atoms with Crippen molar-refractivity contribution in [1.82, 2.24) is 15.1 Å². The molecule has 0 saturated carbocycles. The molecule has 0 aliphatic heterocycles. The number of hydrogen-bond donors (Lipinski definition) is 0. The molecular weight excluding hydrogens is 349 g/mol. The number of rotatable bonds is 4. The summed E-state index contributed by atoms with van der Waals surface area (Å²) in [7, 11) is 0. The third-order valence-corrected chi connectivity index (χ3v) is 3.96. The van der Waals surface area contributed by atoms with E-state index in [9.17, 15) is 9.18 Å². The van der Waals surface area contributed by atoms with E-state index >= 15 is 0 Å². The number of halogens is 1. The van der Waals surface area contributed by atoms with Crippen molar-refractivity contribution in [3.63, 3.8) is 0 Å². The van der Waals surface area contributed by atoms with Crippen molar-refractivity contribution in [2.75, 3.05) is 0 Å². The monoisotopic (exact) mass is 363 g/mol. The van der Waals surface area contributed by atoms with Crippen molar-refractivity contribution < 1.29 is 18.4 Å². The van der Waals surface area contributed by atoms with Crippen molar-refractivity contribution in [2.45, 2.75) is 13.5 Å². The van der Waals surface area contributed by atoms with Gasteiger partial charge in [0.15, 0.2) is 12.4 Å². The van der Waals surface area contributed by atoms with Crippen LogP contribution in [0.5, 0.6) is 0 Å². The average Bonchev–Trinajstić information content (AvgIpc) is 3.11. The molecule has 2 heterocycles. The SMILES string of the molecule is Cc1noc(COC(=O)c2cc(-c3ccccc3)nc3cc(F)ccc23)n1. The van der Waals surface area contributed by atoms with Gasteiger partial charge in [0.05, 0.1) is 16.8 Å². The Morgan fingerprint density at radius 1 is 1.11 bits per heavy atom. The van der Waals surface area contributed by atoms with E-state index in [1.165, 1.54) is 18.2 Å². The number of nitrogens with zero attached hydrogens (tertiary/aromatic N) is 3. The lowest BCUT2D eigenvalue weighted by Crippen LogP contribution is -2.07. The maximum Gasteiger partial charge on any atom is 0.339 e. The summed E-state index contributed by atoms with van der Waals surface area (Å²) in [5.74, 6) is -0.353. The van der Waals surface area contributed by atoms with Crippen LogP contribution in [0.1, 0.15) is 22.1 Å². The number of carbonyl (C=O) groups is 1. The van der Waals surface area contributed by atoms with Gasteiger partial charge in [-0.2, -0.15) is 4.98 Å². The van der Waals surface area contributed by atoms with Gasteiger partial charge in [0.2, 0.25) is 0 Å². The summed E-state index contributed by atoms with van der Waals surface area (Å²) < 4.78 is 23.9. The highest BCUT2D eigenvalue weighted by Gasteiger charge is 2.17. The highest BCUT2D eigenvalue weighted by molar-refractivity contribution is 6.04. The highest BCUT2D eigenvalue weighted by Crippen LogP contribution is 2.26. The molecule has 134 valence electrons. The molecule has 2 aromatic heterocycles. The first-order valence-electron chi connectivity index (χ1n) is 8.22. The summed E-state index contributed by atoms with van der Waals surface area (Å²) in [5, 5.41) is 4.15. The van der Waals surface area contributed by atoms with Crippen LogP contribution in [0.3, 0.4) is 0 Å². The van der Waals surface area contributed by atoms with Gasteiger partial charge < -0.3 is 9.26 Å². The Hall–Kier alpha value is -3.61. The number of carbonyl (C=O) groups excluding carboxylic acids is 1. The van der Waals surface area contributed by atoms with Crippen LogP contribution in [0.25, 0.3) is 22.2 Å². The minimum Gasteiger partial charge on any atom is -0.452 e. The normalized spacial score (nSPS) is 10.9. The summed E-state index contributed by atoms with van der Waals surface area (Å²) in [6.45, 7) is 1.53. The molecule has 2 aromatic carbocycles. The molecule has 7 heteroatoms. The van der Waals surface area contributed by atoms with Crippen LogP contribution in [0.4, 0.5) is 4.39 Å². The van der Waals surface area contributed by atoms with Crippen molar-refractivity contribution in [3.8, 4) is 11.3 Å². The first-order chi connectivity index (χ1) is 13.1. The van der Waals surface area contributed by atoms with Crippen LogP contribution in [-0.2, 0) is 11.3 Å². The summed E-state index contributed by atoms with van der Waals surface area (Å²) in [6, 6.07) is 15.1. The number of benzene rings is 2. The number of fused-ring (bicyclic) bond motifs is 1. The highest BCUT2D eigenvalue weighted by atomic mass is 19.1. The van der Waals surface area contributed by atoms with Crippen LogP contribution in [0, 0.1) is 12.7 Å². The van der Waals surface area contributed by atoms with Crippen LogP contribution < -0.4 is 0 Å². The second kappa shape index (κ2) is 6.95. The first-order valence-corrected chi connectivity index (χ1v) is 8.22. The van der Waals surface area contributed by atoms with Gasteiger partial charge in [0.25, 0.3) is 5.89 Å². The largest absolute Gasteiger partial charge is 0.452 e. The summed E-state index contributed by atoms with van der Waals surface area (Å²) >= 11 is 0. The van der Waals surface area contributed by atoms with E-state index in [0.29, 0.717) is 22.4 Å². The Kier molecular flexibility index (Phi) is 4.33. The lowest BCUT2D eigenvalue weighted by atomic mass is 10.0. The predicted octanol–water partition coefficient (Wildman–Crippen LogP) is 4.09. The lowest BCUT2D eigenvalue weighted by molar-refractivity contribution is 0.0432. The molecule has 27 heavy (non-hydrogen) atoms. The number of pyridine rings is 1. The molecule has 4 aromatic rings. The fourth-order valence-corrected chi connectivity index (χ4v) is 2.73. The summed E-state index contributed by atoms with van der Waals surface area (Å²) in [5.41, 5.74) is 2.02. The molecule has 0 unspecified atom stereocenters. The number of hydrogen-bond acceptors (Lipinski definition) is 6. The zero-order chi connectivity index (χ0) is 18.8. The molecule has 0 aliphatic carbocycles. The minimum absolute atomic E-state index is 0.147. The van der Waals surface area contributed by atoms with Crippen molar-refractivity contribution >= 4 is 16.9 Å². The fourth-order valence-electron chi connectivity index (χ4n) is 2.73. The second-order valence-corrected chi connectivity index (χ2v) is 5.89. The van der Waals surface area contributed by atoms with E-state index in [1.54, 1.807) is 13.0 Å². The van der Waals surface area contributed by atoms with Gasteiger partial charge in [0.1, 0.15) is 5.82 Å². The topological polar surface area (TPSA) is 78.1 Å². The van der Waals surface area contributed by atoms with E-state index < -0.39 is 11.8 Å². The molecule has 0 N–H and O–H groups in total. The molecule has 0 radical (unpaired) electrons. The number of ether oxygens (including phenoxy) is 1. The van der Waals surface area contributed by atoms with E-state index in [-0.39, 0.29) is 18.1 Å². The third kappa shape index (κ3) is 3.52. The maximum absolute atomic E-state index is 13.7. The van der Waals surface area contributed by atoms with E-state index in [1.807, 2.05) is 30.3 Å². The van der Waals surface area contributed by atoms with Crippen LogP contribution in [0.15, 0.2) is 59.1 Å². The van der Waals surface area contributed by atoms with Gasteiger partial charge in [-0.25, -0.2) is 14.2 Å².